The summed E-state index contributed by atoms with van der Waals surface area (Å²) in [5.41, 5.74) is 6.61. The summed E-state index contributed by atoms with van der Waals surface area (Å²) < 4.78 is 31.3. The average molecular weight is 1300 g/mol. The van der Waals surface area contributed by atoms with E-state index >= 15 is 9.13 Å². The Kier molecular flexibility index (Phi) is 18.4. The van der Waals surface area contributed by atoms with Gasteiger partial charge in [-0.3, -0.25) is 15.0 Å². The van der Waals surface area contributed by atoms with E-state index in [2.05, 4.69) is 157 Å². The van der Waals surface area contributed by atoms with Gasteiger partial charge in [-0.2, -0.15) is 0 Å². The number of pyridine rings is 4. The van der Waals surface area contributed by atoms with Gasteiger partial charge in [0.1, 0.15) is 0 Å². The molecular weight excluding hydrogens is 1240 g/mol. The van der Waals surface area contributed by atoms with E-state index in [9.17, 15) is 0 Å². The van der Waals surface area contributed by atoms with Crippen LogP contribution in [0.2, 0.25) is 0 Å². The predicted octanol–water partition coefficient (Wildman–Crippen LogP) is 14.4. The minimum absolute atomic E-state index is 0.653. The molecule has 12 heteroatoms. The second-order valence-electron chi connectivity index (χ2n) is 21.8. The molecule has 0 unspecified atom stereocenters. The van der Waals surface area contributed by atoms with Gasteiger partial charge in [-0.1, -0.05) is 315 Å². The van der Waals surface area contributed by atoms with Crippen LogP contribution in [0, 0.1) is 0 Å². The molecule has 0 amide bonds. The molecule has 0 atom stereocenters. The van der Waals surface area contributed by atoms with Gasteiger partial charge in [-0.05, 0) is 86.4 Å². The van der Waals surface area contributed by atoms with Gasteiger partial charge in [-0.25, -0.2) is 4.98 Å². The van der Waals surface area contributed by atoms with E-state index in [0.29, 0.717) is 10.6 Å². The number of benzene rings is 10. The lowest BCUT2D eigenvalue weighted by atomic mass is 10.0. The Morgan fingerprint density at radius 1 is 0.239 bits per heavy atom. The SMILES string of the molecule is O=P(c1ccccc1)(c1ccccc1)c1cccc(P(=O)(c2ccccc2)c2ccccc2)c1-c1ccncc1.S=P(c1ccccc1)(c1ccccc1)c1cccc(P(=S)(c2ccccc2)c2ccccc2)c1-c1cc(-c2ccccn2)nc(-c2ccccn2)c1. The minimum atomic E-state index is -3.40. The summed E-state index contributed by atoms with van der Waals surface area (Å²) in [7, 11) is -6.80. The lowest BCUT2D eigenvalue weighted by Crippen LogP contribution is -2.33. The highest BCUT2D eigenvalue weighted by Gasteiger charge is 2.39. The van der Waals surface area contributed by atoms with E-state index < -0.39 is 26.4 Å². The van der Waals surface area contributed by atoms with Crippen molar-refractivity contribution in [1.82, 2.24) is 19.9 Å². The number of rotatable bonds is 16. The molecule has 92 heavy (non-hydrogen) atoms. The summed E-state index contributed by atoms with van der Waals surface area (Å²) in [5, 5.41) is 10.8. The molecular formula is C80H60N4O2P4S2. The molecule has 0 spiro atoms. The van der Waals surface area contributed by atoms with Crippen molar-refractivity contribution < 1.29 is 9.13 Å². The summed E-state index contributed by atoms with van der Waals surface area (Å²) in [6.45, 7) is 0. The van der Waals surface area contributed by atoms with Crippen molar-refractivity contribution in [3.8, 4) is 45.0 Å². The molecule has 14 rings (SSSR count). The first kappa shape index (κ1) is 61.4. The minimum Gasteiger partial charge on any atom is -0.309 e. The molecule has 4 heterocycles. The van der Waals surface area contributed by atoms with Crippen molar-refractivity contribution in [3.63, 3.8) is 0 Å². The Balaban J connectivity index is 0.000000174. The standard InChI is InChI=1S/C45H33N3P2S2.C35H27NO2P2/c51-49(35-18-5-1-6-19-35,36-20-7-2-8-21-36)43-28-17-29-44(50(52,37-22-9-3-10-23-37)38-24-11-4-12-25-38)45(43)34-32-41(39-26-13-15-30-46-39)48-42(33-34)40-27-14-16-31-47-40;37-39(29-14-5-1-6-15-29,30-16-7-2-8-17-30)33-22-13-23-34(35(33)28-24-26-36-27-25-28)40(38,31-18-9-3-10-19-31)32-20-11-4-12-21-32/h1-33H;1-27H. The topological polar surface area (TPSA) is 85.7 Å². The molecule has 0 N–H and O–H groups in total. The van der Waals surface area contributed by atoms with Crippen LogP contribution in [-0.4, -0.2) is 19.9 Å². The maximum Gasteiger partial charge on any atom is 0.171 e. The molecule has 0 bridgehead atoms. The summed E-state index contributed by atoms with van der Waals surface area (Å²) in [5.74, 6) is 0. The predicted molar refractivity (Wildman–Crippen MR) is 397 cm³/mol. The van der Waals surface area contributed by atoms with Crippen molar-refractivity contribution in [2.24, 2.45) is 0 Å². The maximum atomic E-state index is 15.7. The third-order valence-electron chi connectivity index (χ3n) is 16.3. The fraction of sp³-hybridized carbons (Fsp3) is 0. The van der Waals surface area contributed by atoms with Crippen molar-refractivity contribution >= 4 is 114 Å². The first-order valence-corrected chi connectivity index (χ1v) is 39.1. The van der Waals surface area contributed by atoms with E-state index in [4.69, 9.17) is 38.6 Å². The highest BCUT2D eigenvalue weighted by Crippen LogP contribution is 2.52. The van der Waals surface area contributed by atoms with Crippen LogP contribution in [0.15, 0.2) is 365 Å². The lowest BCUT2D eigenvalue weighted by molar-refractivity contribution is 0.592. The van der Waals surface area contributed by atoms with Gasteiger partial charge < -0.3 is 9.13 Å². The quantitative estimate of drug-likeness (QED) is 0.0885. The molecule has 0 aliphatic carbocycles. The van der Waals surface area contributed by atoms with Crippen LogP contribution in [0.1, 0.15) is 0 Å². The molecule has 0 fully saturated rings. The van der Waals surface area contributed by atoms with Crippen LogP contribution in [0.4, 0.5) is 0 Å². The zero-order valence-electron chi connectivity index (χ0n) is 49.9. The van der Waals surface area contributed by atoms with Gasteiger partial charge in [-0.15, -0.1) is 0 Å². The van der Waals surface area contributed by atoms with E-state index in [1.807, 2.05) is 188 Å². The van der Waals surface area contributed by atoms with E-state index in [-0.39, 0.29) is 0 Å². The fourth-order valence-electron chi connectivity index (χ4n) is 12.0. The van der Waals surface area contributed by atoms with Crippen LogP contribution in [0.3, 0.4) is 0 Å². The molecule has 10 aromatic carbocycles. The Morgan fingerprint density at radius 3 is 0.804 bits per heavy atom. The monoisotopic (exact) mass is 1300 g/mol. The Morgan fingerprint density at radius 2 is 0.511 bits per heavy atom. The molecule has 6 nitrogen and oxygen atoms in total. The largest absolute Gasteiger partial charge is 0.309 e. The number of nitrogens with zero attached hydrogens (tertiary/aromatic N) is 4. The first-order chi connectivity index (χ1) is 45.2. The fourth-order valence-corrected chi connectivity index (χ4v) is 26.1. The van der Waals surface area contributed by atoms with Crippen LogP contribution in [-0.2, 0) is 32.7 Å². The molecule has 0 saturated heterocycles. The summed E-state index contributed by atoms with van der Waals surface area (Å²) in [6, 6.07) is 108. The third-order valence-corrected chi connectivity index (χ3v) is 32.4. The molecule has 444 valence electrons. The Bertz CT molecular complexity index is 4560. The van der Waals surface area contributed by atoms with Crippen LogP contribution < -0.4 is 63.7 Å². The normalized spacial score (nSPS) is 11.7. The van der Waals surface area contributed by atoms with Gasteiger partial charge in [0.05, 0.1) is 22.8 Å². The lowest BCUT2D eigenvalue weighted by Gasteiger charge is -2.32. The van der Waals surface area contributed by atoms with Crippen LogP contribution in [0.25, 0.3) is 45.0 Å². The van der Waals surface area contributed by atoms with E-state index in [1.54, 1.807) is 24.8 Å². The highest BCUT2D eigenvalue weighted by molar-refractivity contribution is 8.26. The first-order valence-electron chi connectivity index (χ1n) is 30.1. The molecule has 14 aromatic rings. The average Bonchev–Trinajstić information content (AvgIpc) is 0.807. The Hall–Kier alpha value is -9.44. The van der Waals surface area contributed by atoms with Gasteiger partial charge in [0.25, 0.3) is 0 Å². The van der Waals surface area contributed by atoms with Crippen molar-refractivity contribution in [2.75, 3.05) is 0 Å². The molecule has 0 saturated carbocycles. The highest BCUT2D eigenvalue weighted by atomic mass is 32.4. The van der Waals surface area contributed by atoms with Gasteiger partial charge >= 0.3 is 0 Å². The van der Waals surface area contributed by atoms with Crippen molar-refractivity contribution in [1.29, 1.82) is 0 Å². The second kappa shape index (κ2) is 27.6. The van der Waals surface area contributed by atoms with Gasteiger partial charge in [0.15, 0.2) is 14.3 Å². The molecule has 0 aliphatic heterocycles. The molecule has 0 radical (unpaired) electrons. The molecule has 0 aliphatic rings. The second-order valence-corrected chi connectivity index (χ2v) is 36.0. The number of hydrogen-bond donors (Lipinski definition) is 0. The van der Waals surface area contributed by atoms with Crippen molar-refractivity contribution in [2.45, 2.75) is 0 Å². The Labute approximate surface area is 548 Å². The smallest absolute Gasteiger partial charge is 0.171 e. The van der Waals surface area contributed by atoms with Crippen LogP contribution in [0.5, 0.6) is 0 Å². The van der Waals surface area contributed by atoms with Crippen LogP contribution >= 0.6 is 26.4 Å². The van der Waals surface area contributed by atoms with E-state index in [0.717, 1.165) is 98.1 Å². The third kappa shape index (κ3) is 12.0. The van der Waals surface area contributed by atoms with Gasteiger partial charge in [0, 0.05) is 84.9 Å². The summed E-state index contributed by atoms with van der Waals surface area (Å²) >= 11 is 14.2. The summed E-state index contributed by atoms with van der Waals surface area (Å²) in [6.07, 6.45) is 7.06. The maximum absolute atomic E-state index is 15.7. The summed E-state index contributed by atoms with van der Waals surface area (Å²) in [4.78, 5) is 18.9. The van der Waals surface area contributed by atoms with Gasteiger partial charge in [0.2, 0.25) is 0 Å². The van der Waals surface area contributed by atoms with E-state index in [1.165, 1.54) is 0 Å². The van der Waals surface area contributed by atoms with Crippen molar-refractivity contribution in [3.05, 3.63) is 365 Å². The number of hydrogen-bond acceptors (Lipinski definition) is 8. The zero-order chi connectivity index (χ0) is 62.8. The number of aromatic nitrogens is 4. The zero-order valence-corrected chi connectivity index (χ0v) is 55.1. The molecule has 4 aromatic heterocycles.